The van der Waals surface area contributed by atoms with Crippen molar-refractivity contribution in [2.75, 3.05) is 26.6 Å². The lowest BCUT2D eigenvalue weighted by Crippen LogP contribution is -2.26. The number of nitrogens with one attached hydrogen (secondary N) is 1. The molecule has 4 aromatic rings. The molecular formula is C40H64FN5O6SSi3. The van der Waals surface area contributed by atoms with Gasteiger partial charge in [-0.2, -0.15) is 5.10 Å². The smallest absolute Gasteiger partial charge is 0.214 e. The van der Waals surface area contributed by atoms with Crippen LogP contribution in [0.3, 0.4) is 0 Å². The van der Waals surface area contributed by atoms with Crippen LogP contribution in [0.25, 0.3) is 33.5 Å². The first-order valence-electron chi connectivity index (χ1n) is 20.0. The number of fused-ring (bicyclic) bond motifs is 1. The van der Waals surface area contributed by atoms with Crippen LogP contribution in [0.2, 0.25) is 77.1 Å². The summed E-state index contributed by atoms with van der Waals surface area (Å²) in [5, 5.41) is 5.60. The van der Waals surface area contributed by atoms with E-state index in [4.69, 9.17) is 29.0 Å². The number of aromatic nitrogens is 4. The molecule has 16 heteroatoms. The number of hydrogen-bond donors (Lipinski definition) is 1. The molecule has 2 aromatic carbocycles. The molecule has 0 amide bonds. The van der Waals surface area contributed by atoms with E-state index in [1.807, 2.05) is 40.6 Å². The molecule has 310 valence electrons. The first-order chi connectivity index (χ1) is 26.2. The van der Waals surface area contributed by atoms with E-state index < -0.39 is 40.1 Å². The van der Waals surface area contributed by atoms with Crippen LogP contribution in [0, 0.1) is 5.82 Å². The normalized spacial score (nSPS) is 14.3. The van der Waals surface area contributed by atoms with Gasteiger partial charge in [0, 0.05) is 55.6 Å². The van der Waals surface area contributed by atoms with Crippen molar-refractivity contribution in [3.63, 3.8) is 0 Å². The van der Waals surface area contributed by atoms with Crippen LogP contribution >= 0.6 is 0 Å². The van der Waals surface area contributed by atoms with Crippen LogP contribution in [-0.2, 0) is 50.7 Å². The van der Waals surface area contributed by atoms with Crippen molar-refractivity contribution >= 4 is 45.1 Å². The SMILES string of the molecule is CCc1cc(OCOCC[Si](C)(C)C)c(F)cc1-c1ccc2c(-c3nc(CNS(=O)(=O)C4CC4)cn3COCC[Si](C)(C)C)nn(COCC[Si](C)(C)C)c2c1. The number of ether oxygens (including phenoxy) is 4. The monoisotopic (exact) mass is 845 g/mol. The van der Waals surface area contributed by atoms with Gasteiger partial charge in [0.05, 0.1) is 23.0 Å². The quantitative estimate of drug-likeness (QED) is 0.0446. The van der Waals surface area contributed by atoms with Crippen molar-refractivity contribution in [2.45, 2.75) is 128 Å². The third-order valence-corrected chi connectivity index (χ3v) is 16.8. The number of imidazole rings is 1. The minimum Gasteiger partial charge on any atom is -0.464 e. The molecule has 0 unspecified atom stereocenters. The highest BCUT2D eigenvalue weighted by Gasteiger charge is 2.35. The van der Waals surface area contributed by atoms with Gasteiger partial charge in [-0.05, 0) is 78.4 Å². The maximum absolute atomic E-state index is 15.6. The highest BCUT2D eigenvalue weighted by atomic mass is 32.2. The molecule has 2 heterocycles. The zero-order valence-electron chi connectivity index (χ0n) is 35.3. The number of aryl methyl sites for hydroxylation is 1. The van der Waals surface area contributed by atoms with Crippen LogP contribution in [0.15, 0.2) is 36.5 Å². The Bertz CT molecular complexity index is 2050. The second-order valence-corrected chi connectivity index (χ2v) is 37.6. The van der Waals surface area contributed by atoms with Crippen molar-refractivity contribution < 1.29 is 31.8 Å². The van der Waals surface area contributed by atoms with E-state index >= 15 is 4.39 Å². The zero-order chi connectivity index (χ0) is 40.9. The first-order valence-corrected chi connectivity index (χ1v) is 32.6. The third-order valence-electron chi connectivity index (χ3n) is 9.79. The number of halogens is 1. The predicted octanol–water partition coefficient (Wildman–Crippen LogP) is 9.17. The molecule has 0 spiro atoms. The molecule has 1 saturated carbocycles. The molecule has 11 nitrogen and oxygen atoms in total. The van der Waals surface area contributed by atoms with Gasteiger partial charge in [-0.25, -0.2) is 27.2 Å². The van der Waals surface area contributed by atoms with E-state index in [2.05, 4.69) is 63.6 Å². The van der Waals surface area contributed by atoms with Crippen molar-refractivity contribution in [2.24, 2.45) is 0 Å². The van der Waals surface area contributed by atoms with Gasteiger partial charge in [-0.15, -0.1) is 0 Å². The maximum Gasteiger partial charge on any atom is 0.214 e. The number of hydrogen-bond acceptors (Lipinski definition) is 8. The molecule has 1 N–H and O–H groups in total. The fraction of sp³-hybridized carbons (Fsp3) is 0.600. The van der Waals surface area contributed by atoms with Gasteiger partial charge in [-0.3, -0.25) is 0 Å². The molecule has 0 saturated heterocycles. The summed E-state index contributed by atoms with van der Waals surface area (Å²) < 4.78 is 71.4. The van der Waals surface area contributed by atoms with Gasteiger partial charge < -0.3 is 23.5 Å². The van der Waals surface area contributed by atoms with E-state index in [9.17, 15) is 8.42 Å². The Morgan fingerprint density at radius 1 is 0.857 bits per heavy atom. The molecule has 56 heavy (non-hydrogen) atoms. The number of sulfonamides is 1. The van der Waals surface area contributed by atoms with E-state index in [1.165, 1.54) is 0 Å². The molecule has 0 aliphatic heterocycles. The summed E-state index contributed by atoms with van der Waals surface area (Å²) in [7, 11) is -7.29. The molecule has 0 atom stereocenters. The van der Waals surface area contributed by atoms with Gasteiger partial charge in [0.25, 0.3) is 0 Å². The Balaban J connectivity index is 1.49. The molecule has 1 aliphatic carbocycles. The third kappa shape index (κ3) is 12.9. The minimum absolute atomic E-state index is 0.00273. The Morgan fingerprint density at radius 2 is 1.48 bits per heavy atom. The van der Waals surface area contributed by atoms with Gasteiger partial charge in [0.2, 0.25) is 10.0 Å². The highest BCUT2D eigenvalue weighted by molar-refractivity contribution is 7.90. The molecule has 0 bridgehead atoms. The summed E-state index contributed by atoms with van der Waals surface area (Å²) in [6.07, 6.45) is 3.89. The molecule has 5 rings (SSSR count). The van der Waals surface area contributed by atoms with Crippen molar-refractivity contribution in [3.05, 3.63) is 53.6 Å². The average molecular weight is 846 g/mol. The summed E-state index contributed by atoms with van der Waals surface area (Å²) in [5.41, 5.74) is 4.59. The van der Waals surface area contributed by atoms with Gasteiger partial charge in [0.1, 0.15) is 19.2 Å². The fourth-order valence-corrected chi connectivity index (χ4v) is 9.61. The Labute approximate surface area is 336 Å². The molecule has 0 radical (unpaired) electrons. The lowest BCUT2D eigenvalue weighted by molar-refractivity contribution is 0.0197. The van der Waals surface area contributed by atoms with E-state index in [1.54, 1.807) is 12.1 Å². The van der Waals surface area contributed by atoms with Crippen molar-refractivity contribution in [3.8, 4) is 28.4 Å². The summed E-state index contributed by atoms with van der Waals surface area (Å²) in [6, 6.07) is 12.4. The second kappa shape index (κ2) is 18.5. The largest absolute Gasteiger partial charge is 0.464 e. The average Bonchev–Trinajstić information content (AvgIpc) is 3.81. The van der Waals surface area contributed by atoms with Crippen LogP contribution in [0.1, 0.15) is 31.0 Å². The van der Waals surface area contributed by atoms with Gasteiger partial charge >= 0.3 is 0 Å². The van der Waals surface area contributed by atoms with Crippen LogP contribution < -0.4 is 9.46 Å². The van der Waals surface area contributed by atoms with Crippen LogP contribution in [0.4, 0.5) is 4.39 Å². The van der Waals surface area contributed by atoms with Crippen molar-refractivity contribution in [1.82, 2.24) is 24.1 Å². The van der Waals surface area contributed by atoms with Gasteiger partial charge in [0.15, 0.2) is 24.2 Å². The summed E-state index contributed by atoms with van der Waals surface area (Å²) in [5.74, 6) is 0.305. The van der Waals surface area contributed by atoms with Gasteiger partial charge in [-0.1, -0.05) is 71.9 Å². The van der Waals surface area contributed by atoms with E-state index in [-0.39, 0.29) is 37.8 Å². The Hall–Kier alpha value is -2.71. The topological polar surface area (TPSA) is 119 Å². The molecular weight excluding hydrogens is 782 g/mol. The summed E-state index contributed by atoms with van der Waals surface area (Å²) in [4.78, 5) is 4.94. The Kier molecular flexibility index (Phi) is 14.6. The second-order valence-electron chi connectivity index (χ2n) is 18.6. The number of benzene rings is 2. The lowest BCUT2D eigenvalue weighted by Gasteiger charge is -2.16. The van der Waals surface area contributed by atoms with E-state index in [0.717, 1.165) is 45.7 Å². The van der Waals surface area contributed by atoms with Crippen LogP contribution in [-0.4, -0.2) is 83.8 Å². The minimum atomic E-state index is -3.40. The molecule has 1 aliphatic rings. The lowest BCUT2D eigenvalue weighted by atomic mass is 9.96. The number of nitrogens with zero attached hydrogens (tertiary/aromatic N) is 4. The Morgan fingerprint density at radius 3 is 2.09 bits per heavy atom. The fourth-order valence-electron chi connectivity index (χ4n) is 6.00. The zero-order valence-corrected chi connectivity index (χ0v) is 39.1. The summed E-state index contributed by atoms with van der Waals surface area (Å²) in [6.45, 7) is 25.2. The number of rotatable bonds is 23. The highest BCUT2D eigenvalue weighted by Crippen LogP contribution is 2.36. The summed E-state index contributed by atoms with van der Waals surface area (Å²) >= 11 is 0. The van der Waals surface area contributed by atoms with Crippen LogP contribution in [0.5, 0.6) is 5.75 Å². The molecule has 1 fully saturated rings. The predicted molar refractivity (Wildman–Crippen MR) is 232 cm³/mol. The van der Waals surface area contributed by atoms with E-state index in [0.29, 0.717) is 56.3 Å². The first kappa shape index (κ1) is 44.4. The maximum atomic E-state index is 15.6. The van der Waals surface area contributed by atoms with Crippen molar-refractivity contribution in [1.29, 1.82) is 0 Å². The standard InChI is InChI=1S/C40H64FN5O6SSi3/c1-11-30-23-38(52-29-51-18-21-56(8,9)10)36(41)24-35(30)31-12-15-34-37(22-31)46(28-50-17-20-55(5,6)7)44-39(34)40-43-32(25-42-53(47,48)33-13-14-33)26-45(40)27-49-16-19-54(2,3)4/h12,15,22-24,26,33,42H,11,13-14,16-21,25,27-29H2,1-10H3. The molecule has 2 aromatic heterocycles.